The number of hydrogen-bond acceptors (Lipinski definition) is 3. The molecule has 0 aromatic heterocycles. The van der Waals surface area contributed by atoms with Gasteiger partial charge >= 0.3 is 0 Å². The lowest BCUT2D eigenvalue weighted by Crippen LogP contribution is -2.48. The van der Waals surface area contributed by atoms with Crippen molar-refractivity contribution in [3.8, 4) is 11.5 Å². The summed E-state index contributed by atoms with van der Waals surface area (Å²) in [4.78, 5) is 14.9. The van der Waals surface area contributed by atoms with Crippen LogP contribution in [0.4, 0.5) is 0 Å². The highest BCUT2D eigenvalue weighted by atomic mass is 16.6. The van der Waals surface area contributed by atoms with Crippen LogP contribution in [-0.2, 0) is 11.2 Å². The van der Waals surface area contributed by atoms with Gasteiger partial charge in [-0.15, -0.1) is 0 Å². The van der Waals surface area contributed by atoms with E-state index in [1.165, 1.54) is 5.56 Å². The SMILES string of the molecule is O=C(C1COc2ccccc2O1)N1CCCC1Cc1ccccc1. The van der Waals surface area contributed by atoms with Crippen molar-refractivity contribution in [1.29, 1.82) is 0 Å². The Morgan fingerprint density at radius 3 is 2.62 bits per heavy atom. The van der Waals surface area contributed by atoms with Crippen molar-refractivity contribution >= 4 is 5.91 Å². The highest BCUT2D eigenvalue weighted by Crippen LogP contribution is 2.32. The summed E-state index contributed by atoms with van der Waals surface area (Å²) >= 11 is 0. The van der Waals surface area contributed by atoms with Gasteiger partial charge in [-0.3, -0.25) is 4.79 Å². The van der Waals surface area contributed by atoms with Gasteiger partial charge in [-0.1, -0.05) is 42.5 Å². The van der Waals surface area contributed by atoms with Crippen molar-refractivity contribution in [1.82, 2.24) is 4.90 Å². The smallest absolute Gasteiger partial charge is 0.267 e. The third-order valence-corrected chi connectivity index (χ3v) is 4.76. The number of nitrogens with zero attached hydrogens (tertiary/aromatic N) is 1. The number of benzene rings is 2. The Balaban J connectivity index is 1.46. The quantitative estimate of drug-likeness (QED) is 0.871. The molecule has 2 aliphatic heterocycles. The summed E-state index contributed by atoms with van der Waals surface area (Å²) in [5.74, 6) is 1.41. The molecule has 0 bridgehead atoms. The zero-order valence-electron chi connectivity index (χ0n) is 13.6. The molecule has 4 heteroatoms. The molecule has 1 saturated heterocycles. The van der Waals surface area contributed by atoms with Crippen LogP contribution in [-0.4, -0.2) is 36.1 Å². The van der Waals surface area contributed by atoms with Gasteiger partial charge in [-0.2, -0.15) is 0 Å². The summed E-state index contributed by atoms with van der Waals surface area (Å²) in [6, 6.07) is 18.1. The first-order valence-corrected chi connectivity index (χ1v) is 8.54. The number of ether oxygens (including phenoxy) is 2. The average molecular weight is 323 g/mol. The van der Waals surface area contributed by atoms with E-state index >= 15 is 0 Å². The van der Waals surface area contributed by atoms with Gasteiger partial charge in [-0.05, 0) is 37.0 Å². The highest BCUT2D eigenvalue weighted by molar-refractivity contribution is 5.82. The molecule has 4 rings (SSSR count). The van der Waals surface area contributed by atoms with Gasteiger partial charge in [0.05, 0.1) is 0 Å². The fraction of sp³-hybridized carbons (Fsp3) is 0.350. The van der Waals surface area contributed by atoms with Gasteiger partial charge < -0.3 is 14.4 Å². The van der Waals surface area contributed by atoms with Gasteiger partial charge in [0, 0.05) is 12.6 Å². The molecule has 1 amide bonds. The van der Waals surface area contributed by atoms with Crippen LogP contribution in [0.15, 0.2) is 54.6 Å². The Bertz CT molecular complexity index is 716. The second kappa shape index (κ2) is 6.56. The minimum atomic E-state index is -0.545. The largest absolute Gasteiger partial charge is 0.485 e. The molecule has 2 aromatic rings. The molecule has 2 heterocycles. The lowest BCUT2D eigenvalue weighted by Gasteiger charge is -2.31. The van der Waals surface area contributed by atoms with Crippen molar-refractivity contribution in [2.75, 3.05) is 13.2 Å². The Kier molecular flexibility index (Phi) is 4.11. The minimum absolute atomic E-state index is 0.0444. The number of fused-ring (bicyclic) bond motifs is 1. The summed E-state index contributed by atoms with van der Waals surface area (Å²) in [6.45, 7) is 1.09. The molecule has 0 saturated carbocycles. The number of rotatable bonds is 3. The van der Waals surface area contributed by atoms with Gasteiger partial charge in [0.1, 0.15) is 6.61 Å². The molecule has 4 nitrogen and oxygen atoms in total. The van der Waals surface area contributed by atoms with E-state index in [9.17, 15) is 4.79 Å². The minimum Gasteiger partial charge on any atom is -0.485 e. The summed E-state index contributed by atoms with van der Waals surface area (Å²) in [6.07, 6.45) is 2.45. The van der Waals surface area contributed by atoms with E-state index in [-0.39, 0.29) is 18.6 Å². The third kappa shape index (κ3) is 2.96. The Hall–Kier alpha value is -2.49. The number of carbonyl (C=O) groups excluding carboxylic acids is 1. The zero-order chi connectivity index (χ0) is 16.4. The molecule has 124 valence electrons. The van der Waals surface area contributed by atoms with E-state index in [0.29, 0.717) is 11.5 Å². The van der Waals surface area contributed by atoms with E-state index < -0.39 is 6.10 Å². The lowest BCUT2D eigenvalue weighted by atomic mass is 10.0. The second-order valence-electron chi connectivity index (χ2n) is 6.38. The van der Waals surface area contributed by atoms with E-state index in [4.69, 9.17) is 9.47 Å². The van der Waals surface area contributed by atoms with Crippen LogP contribution < -0.4 is 9.47 Å². The van der Waals surface area contributed by atoms with Crippen molar-refractivity contribution in [3.05, 3.63) is 60.2 Å². The van der Waals surface area contributed by atoms with Gasteiger partial charge in [0.2, 0.25) is 6.10 Å². The molecule has 0 aliphatic carbocycles. The van der Waals surface area contributed by atoms with Crippen molar-refractivity contribution in [2.45, 2.75) is 31.4 Å². The Morgan fingerprint density at radius 2 is 1.79 bits per heavy atom. The zero-order valence-corrected chi connectivity index (χ0v) is 13.6. The predicted molar refractivity (Wildman–Crippen MR) is 91.2 cm³/mol. The average Bonchev–Trinajstić information content (AvgIpc) is 3.09. The highest BCUT2D eigenvalue weighted by Gasteiger charge is 2.36. The number of likely N-dealkylation sites (tertiary alicyclic amines) is 1. The number of carbonyl (C=O) groups is 1. The molecule has 24 heavy (non-hydrogen) atoms. The fourth-order valence-corrected chi connectivity index (χ4v) is 3.55. The maximum atomic E-state index is 12.9. The second-order valence-corrected chi connectivity index (χ2v) is 6.38. The van der Waals surface area contributed by atoms with Crippen LogP contribution in [0.1, 0.15) is 18.4 Å². The molecule has 1 fully saturated rings. The van der Waals surface area contributed by atoms with E-state index in [1.807, 2.05) is 47.4 Å². The van der Waals surface area contributed by atoms with Gasteiger partial charge in [0.15, 0.2) is 11.5 Å². The first-order chi connectivity index (χ1) is 11.8. The molecule has 0 N–H and O–H groups in total. The normalized spacial score (nSPS) is 22.4. The molecule has 2 aliphatic rings. The van der Waals surface area contributed by atoms with E-state index in [2.05, 4.69) is 12.1 Å². The summed E-state index contributed by atoms with van der Waals surface area (Å²) in [5, 5.41) is 0. The first-order valence-electron chi connectivity index (χ1n) is 8.54. The first kappa shape index (κ1) is 15.1. The van der Waals surface area contributed by atoms with Gasteiger partial charge in [0.25, 0.3) is 5.91 Å². The standard InChI is InChI=1S/C20H21NO3/c22-20(19-14-23-17-10-4-5-11-18(17)24-19)21-12-6-9-16(21)13-15-7-2-1-3-8-15/h1-5,7-8,10-11,16,19H,6,9,12-14H2. The number of para-hydroxylation sites is 2. The molecule has 0 radical (unpaired) electrons. The van der Waals surface area contributed by atoms with Crippen LogP contribution >= 0.6 is 0 Å². The molecular weight excluding hydrogens is 302 g/mol. The van der Waals surface area contributed by atoms with Crippen molar-refractivity contribution < 1.29 is 14.3 Å². The van der Waals surface area contributed by atoms with Crippen molar-refractivity contribution in [2.24, 2.45) is 0 Å². The van der Waals surface area contributed by atoms with Crippen LogP contribution in [0.25, 0.3) is 0 Å². The van der Waals surface area contributed by atoms with Crippen LogP contribution in [0.5, 0.6) is 11.5 Å². The monoisotopic (exact) mass is 323 g/mol. The Labute approximate surface area is 142 Å². The summed E-state index contributed by atoms with van der Waals surface area (Å²) in [7, 11) is 0. The summed E-state index contributed by atoms with van der Waals surface area (Å²) < 4.78 is 11.6. The van der Waals surface area contributed by atoms with Crippen molar-refractivity contribution in [3.63, 3.8) is 0 Å². The lowest BCUT2D eigenvalue weighted by molar-refractivity contribution is -0.142. The molecular formula is C20H21NO3. The third-order valence-electron chi connectivity index (χ3n) is 4.76. The maximum absolute atomic E-state index is 12.9. The van der Waals surface area contributed by atoms with Crippen LogP contribution in [0, 0.1) is 0 Å². The molecule has 0 spiro atoms. The maximum Gasteiger partial charge on any atom is 0.267 e. The molecule has 2 unspecified atom stereocenters. The number of amides is 1. The van der Waals surface area contributed by atoms with Gasteiger partial charge in [-0.25, -0.2) is 0 Å². The fourth-order valence-electron chi connectivity index (χ4n) is 3.55. The topological polar surface area (TPSA) is 38.8 Å². The van der Waals surface area contributed by atoms with E-state index in [0.717, 1.165) is 25.8 Å². The number of hydrogen-bond donors (Lipinski definition) is 0. The molecule has 2 atom stereocenters. The van der Waals surface area contributed by atoms with E-state index in [1.54, 1.807) is 0 Å². The van der Waals surface area contributed by atoms with Crippen LogP contribution in [0.3, 0.4) is 0 Å². The van der Waals surface area contributed by atoms with Crippen LogP contribution in [0.2, 0.25) is 0 Å². The molecule has 2 aromatic carbocycles. The summed E-state index contributed by atoms with van der Waals surface area (Å²) in [5.41, 5.74) is 1.27. The predicted octanol–water partition coefficient (Wildman–Crippen LogP) is 3.06. The Morgan fingerprint density at radius 1 is 1.04 bits per heavy atom.